The average Bonchev–Trinajstić information content (AvgIpc) is 3.32. The van der Waals surface area contributed by atoms with Crippen molar-refractivity contribution in [3.63, 3.8) is 0 Å². The molecule has 0 saturated carbocycles. The van der Waals surface area contributed by atoms with Crippen molar-refractivity contribution in [3.8, 4) is 5.69 Å². The number of esters is 1. The zero-order valence-electron chi connectivity index (χ0n) is 18.3. The van der Waals surface area contributed by atoms with Crippen molar-refractivity contribution in [2.45, 2.75) is 32.4 Å². The molecule has 1 heterocycles. The third kappa shape index (κ3) is 5.59. The van der Waals surface area contributed by atoms with E-state index in [4.69, 9.17) is 4.74 Å². The summed E-state index contributed by atoms with van der Waals surface area (Å²) in [6, 6.07) is 8.44. The summed E-state index contributed by atoms with van der Waals surface area (Å²) >= 11 is 0. The van der Waals surface area contributed by atoms with Crippen molar-refractivity contribution in [1.82, 2.24) is 14.9 Å². The fourth-order valence-electron chi connectivity index (χ4n) is 3.34. The molecular formula is C22H21N5O7. The van der Waals surface area contributed by atoms with E-state index in [9.17, 15) is 29.8 Å². The quantitative estimate of drug-likeness (QED) is 0.284. The molecule has 2 aromatic carbocycles. The van der Waals surface area contributed by atoms with Crippen LogP contribution in [0, 0.1) is 20.2 Å². The predicted octanol–water partition coefficient (Wildman–Crippen LogP) is 3.50. The lowest BCUT2D eigenvalue weighted by molar-refractivity contribution is -0.385. The number of para-hydroxylation sites is 1. The fraction of sp³-hybridized carbons (Fsp3) is 0.227. The predicted molar refractivity (Wildman–Crippen MR) is 119 cm³/mol. The molecule has 0 bridgehead atoms. The minimum absolute atomic E-state index is 0.0589. The third-order valence-electron chi connectivity index (χ3n) is 4.77. The minimum atomic E-state index is -1.10. The summed E-state index contributed by atoms with van der Waals surface area (Å²) in [5.74, 6) is -1.42. The van der Waals surface area contributed by atoms with Crippen molar-refractivity contribution >= 4 is 23.3 Å². The van der Waals surface area contributed by atoms with Crippen LogP contribution >= 0.6 is 0 Å². The van der Waals surface area contributed by atoms with E-state index in [1.807, 2.05) is 0 Å². The van der Waals surface area contributed by atoms with Crippen LogP contribution in [0.1, 0.15) is 42.2 Å². The number of hydrogen-bond acceptors (Lipinski definition) is 8. The van der Waals surface area contributed by atoms with E-state index < -0.39 is 33.9 Å². The zero-order chi connectivity index (χ0) is 24.8. The SMILES string of the molecule is CC(C)OC(=O)CC(NC(=O)c1ccc(-n2ccnc2)c([N+](=O)[O-])c1)c1ccccc1[N+](=O)[O-]. The number of nitro benzene ring substituents is 2. The van der Waals surface area contributed by atoms with Gasteiger partial charge in [-0.15, -0.1) is 0 Å². The number of nitrogens with zero attached hydrogens (tertiary/aromatic N) is 4. The first-order valence-corrected chi connectivity index (χ1v) is 10.2. The Morgan fingerprint density at radius 3 is 2.41 bits per heavy atom. The first-order chi connectivity index (χ1) is 16.2. The highest BCUT2D eigenvalue weighted by molar-refractivity contribution is 5.96. The summed E-state index contributed by atoms with van der Waals surface area (Å²) in [6.45, 7) is 3.30. The van der Waals surface area contributed by atoms with Gasteiger partial charge >= 0.3 is 5.97 Å². The second kappa shape index (κ2) is 10.3. The van der Waals surface area contributed by atoms with Crippen LogP contribution in [0.15, 0.2) is 61.2 Å². The van der Waals surface area contributed by atoms with E-state index in [0.717, 1.165) is 6.07 Å². The van der Waals surface area contributed by atoms with Gasteiger partial charge in [-0.3, -0.25) is 29.8 Å². The zero-order valence-corrected chi connectivity index (χ0v) is 18.3. The molecule has 0 spiro atoms. The summed E-state index contributed by atoms with van der Waals surface area (Å²) < 4.78 is 6.57. The van der Waals surface area contributed by atoms with E-state index in [1.165, 1.54) is 53.6 Å². The molecule has 34 heavy (non-hydrogen) atoms. The number of imidazole rings is 1. The van der Waals surface area contributed by atoms with Gasteiger partial charge in [-0.25, -0.2) is 4.98 Å². The number of benzene rings is 2. The Balaban J connectivity index is 1.95. The molecule has 1 N–H and O–H groups in total. The van der Waals surface area contributed by atoms with Crippen molar-refractivity contribution in [2.24, 2.45) is 0 Å². The highest BCUT2D eigenvalue weighted by Gasteiger charge is 2.28. The Morgan fingerprint density at radius 2 is 1.79 bits per heavy atom. The minimum Gasteiger partial charge on any atom is -0.463 e. The average molecular weight is 467 g/mol. The van der Waals surface area contributed by atoms with Crippen LogP contribution in [-0.4, -0.2) is 37.4 Å². The number of nitrogens with one attached hydrogen (secondary N) is 1. The lowest BCUT2D eigenvalue weighted by Crippen LogP contribution is -2.31. The Kier molecular flexibility index (Phi) is 7.31. The molecule has 0 aliphatic heterocycles. The Labute approximate surface area is 193 Å². The number of amides is 1. The second-order valence-electron chi connectivity index (χ2n) is 7.52. The van der Waals surface area contributed by atoms with Crippen LogP contribution in [0.2, 0.25) is 0 Å². The maximum Gasteiger partial charge on any atom is 0.308 e. The van der Waals surface area contributed by atoms with Crippen LogP contribution in [0.5, 0.6) is 0 Å². The Bertz CT molecular complexity index is 1220. The van der Waals surface area contributed by atoms with Gasteiger partial charge in [0.25, 0.3) is 17.3 Å². The first-order valence-electron chi connectivity index (χ1n) is 10.2. The topological polar surface area (TPSA) is 160 Å². The van der Waals surface area contributed by atoms with Gasteiger partial charge in [-0.2, -0.15) is 0 Å². The van der Waals surface area contributed by atoms with E-state index in [1.54, 1.807) is 19.9 Å². The van der Waals surface area contributed by atoms with Crippen LogP contribution in [0.4, 0.5) is 11.4 Å². The molecule has 12 nitrogen and oxygen atoms in total. The molecule has 176 valence electrons. The maximum absolute atomic E-state index is 13.0. The summed E-state index contributed by atoms with van der Waals surface area (Å²) in [5.41, 5.74) is -0.379. The van der Waals surface area contributed by atoms with Crippen molar-refractivity contribution in [1.29, 1.82) is 0 Å². The highest BCUT2D eigenvalue weighted by Crippen LogP contribution is 2.29. The smallest absolute Gasteiger partial charge is 0.308 e. The number of aromatic nitrogens is 2. The van der Waals surface area contributed by atoms with E-state index in [2.05, 4.69) is 10.3 Å². The van der Waals surface area contributed by atoms with Crippen LogP contribution in [0.3, 0.4) is 0 Å². The highest BCUT2D eigenvalue weighted by atomic mass is 16.6. The Hall–Kier alpha value is -4.61. The summed E-state index contributed by atoms with van der Waals surface area (Å²) in [4.78, 5) is 51.1. The lowest BCUT2D eigenvalue weighted by Gasteiger charge is -2.19. The number of carbonyl (C=O) groups is 2. The maximum atomic E-state index is 13.0. The molecule has 0 saturated heterocycles. The van der Waals surface area contributed by atoms with Crippen LogP contribution < -0.4 is 5.32 Å². The van der Waals surface area contributed by atoms with Crippen molar-refractivity contribution in [3.05, 3.63) is 92.5 Å². The molecule has 1 aromatic heterocycles. The van der Waals surface area contributed by atoms with Gasteiger partial charge in [0.2, 0.25) is 0 Å². The van der Waals surface area contributed by atoms with E-state index in [0.29, 0.717) is 0 Å². The fourth-order valence-corrected chi connectivity index (χ4v) is 3.34. The van der Waals surface area contributed by atoms with Gasteiger partial charge in [0.1, 0.15) is 5.69 Å². The summed E-state index contributed by atoms with van der Waals surface area (Å²) in [6.07, 6.45) is 3.56. The number of rotatable bonds is 9. The number of ether oxygens (including phenoxy) is 1. The molecule has 3 aromatic rings. The normalized spacial score (nSPS) is 11.6. The molecule has 12 heteroatoms. The van der Waals surface area contributed by atoms with Crippen molar-refractivity contribution in [2.75, 3.05) is 0 Å². The second-order valence-corrected chi connectivity index (χ2v) is 7.52. The molecule has 3 rings (SSSR count). The largest absolute Gasteiger partial charge is 0.463 e. The number of nitro groups is 2. The molecule has 0 aliphatic rings. The van der Waals surface area contributed by atoms with Crippen LogP contribution in [-0.2, 0) is 9.53 Å². The van der Waals surface area contributed by atoms with Gasteiger partial charge in [0.05, 0.1) is 40.3 Å². The summed E-state index contributed by atoms with van der Waals surface area (Å²) in [5, 5.41) is 25.7. The molecule has 0 fully saturated rings. The molecule has 0 aliphatic carbocycles. The van der Waals surface area contributed by atoms with Gasteiger partial charge in [-0.05, 0) is 26.0 Å². The van der Waals surface area contributed by atoms with Gasteiger partial charge in [-0.1, -0.05) is 18.2 Å². The first kappa shape index (κ1) is 24.0. The van der Waals surface area contributed by atoms with Gasteiger partial charge in [0, 0.05) is 30.1 Å². The van der Waals surface area contributed by atoms with Crippen molar-refractivity contribution < 1.29 is 24.2 Å². The number of hydrogen-bond donors (Lipinski definition) is 1. The monoisotopic (exact) mass is 467 g/mol. The third-order valence-corrected chi connectivity index (χ3v) is 4.77. The van der Waals surface area contributed by atoms with Gasteiger partial charge < -0.3 is 14.6 Å². The summed E-state index contributed by atoms with van der Waals surface area (Å²) in [7, 11) is 0. The molecular weight excluding hydrogens is 446 g/mol. The van der Waals surface area contributed by atoms with E-state index in [-0.39, 0.29) is 34.6 Å². The molecule has 1 unspecified atom stereocenters. The van der Waals surface area contributed by atoms with Gasteiger partial charge in [0.15, 0.2) is 0 Å². The van der Waals surface area contributed by atoms with E-state index >= 15 is 0 Å². The Morgan fingerprint density at radius 1 is 1.09 bits per heavy atom. The molecule has 0 radical (unpaired) electrons. The molecule has 1 atom stereocenters. The molecule has 1 amide bonds. The van der Waals surface area contributed by atoms with Crippen LogP contribution in [0.25, 0.3) is 5.69 Å². The lowest BCUT2D eigenvalue weighted by atomic mass is 10.0. The standard InChI is InChI=1S/C22H21N5O7/c1-14(2)34-21(28)12-17(16-5-3-4-6-18(16)26(30)31)24-22(29)15-7-8-19(20(11-15)27(32)33)25-10-9-23-13-25/h3-11,13-14,17H,12H2,1-2H3,(H,24,29). The number of carbonyl (C=O) groups excluding carboxylic acids is 2.